The van der Waals surface area contributed by atoms with Crippen molar-refractivity contribution in [2.75, 3.05) is 0 Å². The van der Waals surface area contributed by atoms with Gasteiger partial charge in [-0.2, -0.15) is 0 Å². The van der Waals surface area contributed by atoms with Crippen LogP contribution in [0.1, 0.15) is 73.1 Å². The molecule has 0 N–H and O–H groups in total. The van der Waals surface area contributed by atoms with Gasteiger partial charge in [-0.15, -0.1) is 0 Å². The van der Waals surface area contributed by atoms with E-state index < -0.39 is 26.5 Å². The molecule has 3 heteroatoms. The maximum atomic E-state index is 6.17. The molecule has 0 aliphatic rings. The van der Waals surface area contributed by atoms with Crippen LogP contribution in [-0.2, 0) is 4.74 Å². The first-order chi connectivity index (χ1) is 11.8. The van der Waals surface area contributed by atoms with Gasteiger partial charge in [0.15, 0.2) is 0 Å². The van der Waals surface area contributed by atoms with Crippen molar-refractivity contribution in [3.63, 3.8) is 0 Å². The summed E-state index contributed by atoms with van der Waals surface area (Å²) in [5, 5.41) is 0. The average Bonchev–Trinajstić information content (AvgIpc) is 2.56. The van der Waals surface area contributed by atoms with Crippen molar-refractivity contribution in [3.05, 3.63) is 21.6 Å². The van der Waals surface area contributed by atoms with Crippen molar-refractivity contribution in [1.82, 2.24) is 0 Å². The van der Waals surface area contributed by atoms with Gasteiger partial charge in [0.1, 0.15) is 0 Å². The Labute approximate surface area is 164 Å². The molecule has 1 nitrogen and oxygen atoms in total. The quantitative estimate of drug-likeness (QED) is 0.183. The number of rotatable bonds is 14. The van der Waals surface area contributed by atoms with Gasteiger partial charge in [0.2, 0.25) is 0 Å². The van der Waals surface area contributed by atoms with Crippen LogP contribution < -0.4 is 0 Å². The van der Waals surface area contributed by atoms with Crippen LogP contribution in [0.4, 0.5) is 0 Å². The zero-order chi connectivity index (χ0) is 19.3. The number of hydrogen-bond donors (Lipinski definition) is 0. The first-order valence-electron chi connectivity index (χ1n) is 10.8. The van der Waals surface area contributed by atoms with E-state index in [1.807, 2.05) is 15.9 Å². The normalized spacial score (nSPS) is 15.0. The summed E-state index contributed by atoms with van der Waals surface area (Å²) >= 11 is -2.40. The average molecular weight is 473 g/mol. The molecule has 0 aliphatic carbocycles. The summed E-state index contributed by atoms with van der Waals surface area (Å²) in [7, 11) is -1.26. The van der Waals surface area contributed by atoms with Crippen LogP contribution in [0.25, 0.3) is 0 Å². The van der Waals surface area contributed by atoms with Crippen LogP contribution in [0.5, 0.6) is 0 Å². The topological polar surface area (TPSA) is 9.23 Å². The first-order valence-corrected chi connectivity index (χ1v) is 21.8. The van der Waals surface area contributed by atoms with Crippen molar-refractivity contribution in [3.8, 4) is 0 Å². The van der Waals surface area contributed by atoms with Crippen molar-refractivity contribution in [1.29, 1.82) is 0 Å². The van der Waals surface area contributed by atoms with Crippen molar-refractivity contribution >= 4 is 26.5 Å². The third kappa shape index (κ3) is 10.3. The zero-order valence-corrected chi connectivity index (χ0v) is 22.4. The predicted molar refractivity (Wildman–Crippen MR) is 122 cm³/mol. The van der Waals surface area contributed by atoms with E-state index in [1.54, 1.807) is 0 Å². The monoisotopic (exact) mass is 474 g/mol. The van der Waals surface area contributed by atoms with Crippen LogP contribution in [0.3, 0.4) is 0 Å². The zero-order valence-electron chi connectivity index (χ0n) is 18.6. The van der Waals surface area contributed by atoms with Gasteiger partial charge in [-0.1, -0.05) is 0 Å². The molecule has 0 heterocycles. The van der Waals surface area contributed by atoms with Gasteiger partial charge in [-0.3, -0.25) is 0 Å². The fourth-order valence-corrected chi connectivity index (χ4v) is 27.7. The SMILES string of the molecule is C/C=C\OC(C)/[C](=C\[Si](C)(C)C)[Sn]([CH2]CCC)([CH2]CCC)[CH2]CCC. The molecule has 25 heavy (non-hydrogen) atoms. The Morgan fingerprint density at radius 3 is 1.68 bits per heavy atom. The molecule has 0 aromatic heterocycles. The van der Waals surface area contributed by atoms with Gasteiger partial charge >= 0.3 is 165 Å². The summed E-state index contributed by atoms with van der Waals surface area (Å²) in [5.41, 5.74) is 2.76. The van der Waals surface area contributed by atoms with E-state index in [2.05, 4.69) is 60.0 Å². The van der Waals surface area contributed by atoms with Crippen LogP contribution in [0, 0.1) is 0 Å². The molecule has 0 radical (unpaired) electrons. The first kappa shape index (κ1) is 25.3. The molecule has 0 bridgehead atoms. The van der Waals surface area contributed by atoms with Gasteiger partial charge in [0, 0.05) is 0 Å². The minimum atomic E-state index is -2.40. The summed E-state index contributed by atoms with van der Waals surface area (Å²) < 4.78 is 12.6. The Bertz CT molecular complexity index is 374. The van der Waals surface area contributed by atoms with E-state index in [9.17, 15) is 0 Å². The molecule has 148 valence electrons. The summed E-state index contributed by atoms with van der Waals surface area (Å²) in [6.45, 7) is 18.9. The molecule has 0 aromatic rings. The molecule has 0 aromatic carbocycles. The number of ether oxygens (including phenoxy) is 1. The molecule has 0 saturated heterocycles. The second-order valence-electron chi connectivity index (χ2n) is 8.80. The van der Waals surface area contributed by atoms with E-state index in [1.165, 1.54) is 51.8 Å². The van der Waals surface area contributed by atoms with Gasteiger partial charge in [-0.05, 0) is 0 Å². The molecule has 0 aliphatic heterocycles. The molecule has 0 saturated carbocycles. The fraction of sp³-hybridized carbons (Fsp3) is 0.818. The van der Waals surface area contributed by atoms with Crippen molar-refractivity contribution in [2.24, 2.45) is 0 Å². The summed E-state index contributed by atoms with van der Waals surface area (Å²) in [4.78, 5) is 0. The Morgan fingerprint density at radius 2 is 1.36 bits per heavy atom. The molecular formula is C22H46OSiSn. The van der Waals surface area contributed by atoms with E-state index in [4.69, 9.17) is 4.74 Å². The standard InChI is InChI=1S/C10H19OSi.3C4H9.Sn/c1-6-8-11-10(2)7-9-12(3,4)5;3*1-3-4-2;/h6,8-10H,1-5H3;3*1,3-4H2,2H3;/b8-6-,9-7?;;;;. The molecule has 1 unspecified atom stereocenters. The molecule has 0 amide bonds. The van der Waals surface area contributed by atoms with E-state index in [-0.39, 0.29) is 6.10 Å². The molecule has 1 atom stereocenters. The Morgan fingerprint density at radius 1 is 0.920 bits per heavy atom. The second kappa shape index (κ2) is 13.5. The molecule has 0 spiro atoms. The third-order valence-corrected chi connectivity index (χ3v) is 23.4. The maximum absolute atomic E-state index is 6.17. The van der Waals surface area contributed by atoms with Crippen LogP contribution in [-0.4, -0.2) is 32.6 Å². The Kier molecular flexibility index (Phi) is 13.6. The second-order valence-corrected chi connectivity index (χ2v) is 27.1. The Hall–Kier alpha value is 0.296. The third-order valence-electron chi connectivity index (χ3n) is 5.08. The molecular weight excluding hydrogens is 427 g/mol. The van der Waals surface area contributed by atoms with E-state index >= 15 is 0 Å². The number of allylic oxidation sites excluding steroid dienone is 1. The summed E-state index contributed by atoms with van der Waals surface area (Å²) in [6.07, 6.45) is 12.5. The number of unbranched alkanes of at least 4 members (excludes halogenated alkanes) is 3. The molecule has 0 fully saturated rings. The van der Waals surface area contributed by atoms with Crippen molar-refractivity contribution < 1.29 is 4.74 Å². The van der Waals surface area contributed by atoms with Crippen LogP contribution in [0.15, 0.2) is 21.6 Å². The van der Waals surface area contributed by atoms with Gasteiger partial charge in [-0.25, -0.2) is 0 Å². The van der Waals surface area contributed by atoms with Crippen LogP contribution in [0.2, 0.25) is 33.0 Å². The number of hydrogen-bond acceptors (Lipinski definition) is 1. The fourth-order valence-electron chi connectivity index (χ4n) is 3.79. The van der Waals surface area contributed by atoms with Gasteiger partial charge < -0.3 is 0 Å². The van der Waals surface area contributed by atoms with Gasteiger partial charge in [0.25, 0.3) is 0 Å². The summed E-state index contributed by atoms with van der Waals surface area (Å²) in [5.74, 6) is 0. The Balaban J connectivity index is 5.99. The minimum absolute atomic E-state index is 0.282. The van der Waals surface area contributed by atoms with Crippen LogP contribution >= 0.6 is 0 Å². The summed E-state index contributed by atoms with van der Waals surface area (Å²) in [6, 6.07) is 0. The van der Waals surface area contributed by atoms with E-state index in [0.717, 1.165) is 0 Å². The van der Waals surface area contributed by atoms with E-state index in [0.29, 0.717) is 0 Å². The van der Waals surface area contributed by atoms with Crippen molar-refractivity contribution in [2.45, 2.75) is 112 Å². The molecule has 0 rings (SSSR count). The van der Waals surface area contributed by atoms with Gasteiger partial charge in [0.05, 0.1) is 0 Å². The predicted octanol–water partition coefficient (Wildman–Crippen LogP) is 8.12.